The topological polar surface area (TPSA) is 60.4 Å². The van der Waals surface area contributed by atoms with Crippen LogP contribution in [0.1, 0.15) is 99.8 Å². The van der Waals surface area contributed by atoms with Gasteiger partial charge in [0.25, 0.3) is 0 Å². The summed E-state index contributed by atoms with van der Waals surface area (Å²) in [4.78, 5) is 37.2. The summed E-state index contributed by atoms with van der Waals surface area (Å²) in [6, 6.07) is -1.17. The van der Waals surface area contributed by atoms with Crippen molar-refractivity contribution in [1.82, 2.24) is 0 Å². The zero-order valence-corrected chi connectivity index (χ0v) is 23.4. The van der Waals surface area contributed by atoms with Crippen molar-refractivity contribution in [2.45, 2.75) is 105 Å². The number of carbonyl (C=O) groups is 3. The van der Waals surface area contributed by atoms with Gasteiger partial charge >= 0.3 is 6.04 Å². The summed E-state index contributed by atoms with van der Waals surface area (Å²) in [5, 5.41) is 0. The van der Waals surface area contributed by atoms with Crippen LogP contribution in [0.2, 0.25) is 0 Å². The predicted octanol–water partition coefficient (Wildman–Crippen LogP) is 7.03. The molecular weight excluding hydrogens is 455 g/mol. The minimum atomic E-state index is -1.26. The van der Waals surface area contributed by atoms with Crippen LogP contribution in [0.25, 0.3) is 0 Å². The van der Waals surface area contributed by atoms with E-state index in [-0.39, 0.29) is 21.7 Å². The number of ether oxygens (including phenoxy) is 1. The van der Waals surface area contributed by atoms with E-state index in [4.69, 9.17) is 4.74 Å². The molecule has 0 aliphatic heterocycles. The summed E-state index contributed by atoms with van der Waals surface area (Å²) >= 11 is 0. The number of hydrogen-bond acceptors (Lipinski definition) is 4. The lowest BCUT2D eigenvalue weighted by molar-refractivity contribution is -0.145. The monoisotopic (exact) mass is 498 g/mol. The molecule has 0 radical (unpaired) electrons. The molecule has 0 N–H and O–H groups in total. The van der Waals surface area contributed by atoms with Crippen LogP contribution in [0.4, 0.5) is 4.39 Å². The zero-order valence-electron chi connectivity index (χ0n) is 23.4. The van der Waals surface area contributed by atoms with Gasteiger partial charge < -0.3 is 4.74 Å². The second kappa shape index (κ2) is 8.31. The molecule has 0 heterocycles. The molecule has 0 amide bonds. The summed E-state index contributed by atoms with van der Waals surface area (Å²) in [6.07, 6.45) is 12.6. The Morgan fingerprint density at radius 3 is 2.03 bits per heavy atom. The van der Waals surface area contributed by atoms with Crippen molar-refractivity contribution in [1.29, 1.82) is 0 Å². The van der Waals surface area contributed by atoms with Gasteiger partial charge in [-0.3, -0.25) is 14.4 Å². The maximum atomic E-state index is 13.6. The molecule has 0 aromatic rings. The van der Waals surface area contributed by atoms with Crippen molar-refractivity contribution < 1.29 is 23.5 Å². The molecule has 0 saturated heterocycles. The number of ketones is 2. The largest absolute Gasteiger partial charge is 0.365 e. The van der Waals surface area contributed by atoms with E-state index in [0.29, 0.717) is 12.8 Å². The lowest BCUT2D eigenvalue weighted by atomic mass is 9.44. The van der Waals surface area contributed by atoms with Gasteiger partial charge in [-0.1, -0.05) is 52.3 Å². The Kier molecular flexibility index (Phi) is 6.27. The third-order valence-electron chi connectivity index (χ3n) is 11.4. The molecule has 198 valence electrons. The first kappa shape index (κ1) is 27.2. The van der Waals surface area contributed by atoms with E-state index >= 15 is 0 Å². The average molecular weight is 499 g/mol. The highest BCUT2D eigenvalue weighted by Gasteiger charge is 2.59. The molecular formula is C31H43FO4. The van der Waals surface area contributed by atoms with Crippen molar-refractivity contribution in [3.63, 3.8) is 0 Å². The Hall–Kier alpha value is -1.88. The molecule has 4 aliphatic carbocycles. The predicted molar refractivity (Wildman–Crippen MR) is 139 cm³/mol. The summed E-state index contributed by atoms with van der Waals surface area (Å²) in [5.41, 5.74) is 0.597. The molecule has 4 nitrogen and oxygen atoms in total. The number of fused-ring (bicyclic) bond motifs is 3. The van der Waals surface area contributed by atoms with Crippen molar-refractivity contribution in [2.75, 3.05) is 7.11 Å². The average Bonchev–Trinajstić information content (AvgIpc) is 2.82. The lowest BCUT2D eigenvalue weighted by Crippen LogP contribution is -2.54. The second-order valence-corrected chi connectivity index (χ2v) is 13.8. The minimum absolute atomic E-state index is 0.0394. The number of allylic oxidation sites excluding steroid dienone is 4. The first-order chi connectivity index (χ1) is 16.5. The van der Waals surface area contributed by atoms with Crippen LogP contribution < -0.4 is 0 Å². The van der Waals surface area contributed by atoms with Crippen LogP contribution in [0.5, 0.6) is 0 Å². The summed E-state index contributed by atoms with van der Waals surface area (Å²) in [5.74, 6) is -0.996. The third kappa shape index (κ3) is 3.75. The maximum absolute atomic E-state index is 13.6. The number of methoxy groups -OCH3 is 1. The quantitative estimate of drug-likeness (QED) is 0.301. The normalized spacial score (nSPS) is 42.1. The highest BCUT2D eigenvalue weighted by molar-refractivity contribution is 6.46. The van der Waals surface area contributed by atoms with Gasteiger partial charge in [0.05, 0.1) is 5.41 Å². The number of Topliss-reactive ketones (excluding diaryl/α,β-unsaturated/α-hetero) is 1. The van der Waals surface area contributed by atoms with E-state index < -0.39 is 28.6 Å². The fourth-order valence-corrected chi connectivity index (χ4v) is 7.43. The van der Waals surface area contributed by atoms with Crippen molar-refractivity contribution >= 4 is 17.6 Å². The van der Waals surface area contributed by atoms with E-state index in [1.807, 2.05) is 6.08 Å². The van der Waals surface area contributed by atoms with Gasteiger partial charge in [0.2, 0.25) is 11.6 Å². The first-order valence-electron chi connectivity index (χ1n) is 13.5. The lowest BCUT2D eigenvalue weighted by Gasteiger charge is -2.60. The Morgan fingerprint density at radius 2 is 1.47 bits per heavy atom. The fraction of sp³-hybridized carbons (Fsp3) is 0.710. The molecule has 2 saturated carbocycles. The molecule has 0 bridgehead atoms. The van der Waals surface area contributed by atoms with Gasteiger partial charge in [0.1, 0.15) is 0 Å². The number of rotatable bonds is 5. The van der Waals surface area contributed by atoms with Crippen LogP contribution in [-0.2, 0) is 19.1 Å². The summed E-state index contributed by atoms with van der Waals surface area (Å²) < 4.78 is 19.3. The fourth-order valence-electron chi connectivity index (χ4n) is 7.43. The van der Waals surface area contributed by atoms with Crippen molar-refractivity contribution in [3.05, 3.63) is 34.9 Å². The highest BCUT2D eigenvalue weighted by Crippen LogP contribution is 2.67. The Morgan fingerprint density at radius 1 is 0.861 bits per heavy atom. The molecule has 0 aromatic heterocycles. The van der Waals surface area contributed by atoms with E-state index in [0.717, 1.165) is 49.7 Å². The van der Waals surface area contributed by atoms with Crippen LogP contribution >= 0.6 is 0 Å². The number of carbonyl (C=O) groups excluding carboxylic acids is 3. The summed E-state index contributed by atoms with van der Waals surface area (Å²) in [6.45, 7) is 15.0. The molecule has 4 rings (SSSR count). The van der Waals surface area contributed by atoms with Crippen molar-refractivity contribution in [2.24, 2.45) is 27.1 Å². The molecule has 3 atom stereocenters. The number of hydrogen-bond donors (Lipinski definition) is 0. The van der Waals surface area contributed by atoms with E-state index in [2.05, 4.69) is 40.7 Å². The van der Waals surface area contributed by atoms with E-state index in [9.17, 15) is 18.8 Å². The first-order valence-corrected chi connectivity index (χ1v) is 13.5. The Balaban J connectivity index is 1.70. The standard InChI is InChI=1S/C31H43FO4/c1-26(2)11-17-29(5)21-19-22(33)24(34)31(7,36-8)20(21)9-10-23(29)30(26,6)18-14-27(3)12-15-28(4,16-13-27)25(32)35/h9-10,19H,11-18H2,1-8H3/t27?,28?,29-,30+,31-/m0/s1. The van der Waals surface area contributed by atoms with Crippen LogP contribution in [0.3, 0.4) is 0 Å². The van der Waals surface area contributed by atoms with Crippen LogP contribution in [0.15, 0.2) is 34.9 Å². The third-order valence-corrected chi connectivity index (χ3v) is 11.4. The zero-order chi connectivity index (χ0) is 26.9. The van der Waals surface area contributed by atoms with Crippen molar-refractivity contribution in [3.8, 4) is 0 Å². The van der Waals surface area contributed by atoms with Crippen LogP contribution in [0, 0.1) is 27.1 Å². The number of halogens is 1. The minimum Gasteiger partial charge on any atom is -0.365 e. The second-order valence-electron chi connectivity index (χ2n) is 13.8. The van der Waals surface area contributed by atoms with E-state index in [1.165, 1.54) is 12.7 Å². The Labute approximate surface area is 215 Å². The van der Waals surface area contributed by atoms with Crippen LogP contribution in [-0.4, -0.2) is 30.3 Å². The molecule has 36 heavy (non-hydrogen) atoms. The van der Waals surface area contributed by atoms with Gasteiger partial charge in [0.15, 0.2) is 5.60 Å². The summed E-state index contributed by atoms with van der Waals surface area (Å²) in [7, 11) is 1.50. The highest BCUT2D eigenvalue weighted by atomic mass is 19.1. The molecule has 2 fully saturated rings. The molecule has 0 unspecified atom stereocenters. The van der Waals surface area contributed by atoms with Gasteiger partial charge in [-0.15, -0.1) is 0 Å². The molecule has 0 aromatic carbocycles. The molecule has 5 heteroatoms. The smallest absolute Gasteiger partial charge is 0.307 e. The maximum Gasteiger partial charge on any atom is 0.307 e. The van der Waals surface area contributed by atoms with Gasteiger partial charge in [0, 0.05) is 12.5 Å². The van der Waals surface area contributed by atoms with Gasteiger partial charge in [-0.05, 0) is 98.7 Å². The molecule has 4 aliphatic rings. The molecule has 0 spiro atoms. The van der Waals surface area contributed by atoms with E-state index in [1.54, 1.807) is 19.9 Å². The van der Waals surface area contributed by atoms with Gasteiger partial charge in [-0.2, -0.15) is 4.39 Å². The Bertz CT molecular complexity index is 1100. The van der Waals surface area contributed by atoms with Gasteiger partial charge in [-0.25, -0.2) is 0 Å². The SMILES string of the molecule is CO[C@]1(C)C(=O)C(=O)C=C2C1=CC=C1[C@@]2(C)CCC(C)(C)[C@]1(C)CCC1(C)CCC(C)(C(=O)F)CC1.